The van der Waals surface area contributed by atoms with Crippen molar-refractivity contribution in [3.05, 3.63) is 0 Å². The van der Waals surface area contributed by atoms with E-state index in [-0.39, 0.29) is 11.8 Å². The van der Waals surface area contributed by atoms with Crippen LogP contribution in [0.5, 0.6) is 0 Å². The number of hydrogen-bond acceptors (Lipinski definition) is 3. The molecule has 0 aliphatic rings. The van der Waals surface area contributed by atoms with Crippen molar-refractivity contribution in [1.82, 2.24) is 4.90 Å². The molecule has 0 aromatic carbocycles. The van der Waals surface area contributed by atoms with Gasteiger partial charge in [-0.1, -0.05) is 13.8 Å². The molecule has 0 aromatic rings. The summed E-state index contributed by atoms with van der Waals surface area (Å²) in [5.74, 6) is -0.237. The van der Waals surface area contributed by atoms with E-state index < -0.39 is 0 Å². The summed E-state index contributed by atoms with van der Waals surface area (Å²) < 4.78 is 0. The minimum absolute atomic E-state index is 0.119. The summed E-state index contributed by atoms with van der Waals surface area (Å²) in [6.45, 7) is 4.19. The number of unbranched alkanes of at least 4 members (excludes halogenated alkanes) is 1. The summed E-state index contributed by atoms with van der Waals surface area (Å²) in [6, 6.07) is 0. The van der Waals surface area contributed by atoms with Crippen LogP contribution in [0, 0.1) is 0 Å². The van der Waals surface area contributed by atoms with E-state index in [0.29, 0.717) is 32.2 Å². The van der Waals surface area contributed by atoms with Gasteiger partial charge in [-0.25, -0.2) is 0 Å². The molecule has 0 N–H and O–H groups in total. The first-order valence-corrected chi connectivity index (χ1v) is 5.94. The first kappa shape index (κ1) is 14.8. The fourth-order valence-corrected chi connectivity index (χ4v) is 1.42. The molecule has 0 aromatic heterocycles. The number of rotatable bonds is 8. The molecule has 0 bridgehead atoms. The van der Waals surface area contributed by atoms with Crippen molar-refractivity contribution in [3.63, 3.8) is 0 Å². The minimum atomic E-state index is -0.119. The van der Waals surface area contributed by atoms with E-state index >= 15 is 0 Å². The summed E-state index contributed by atoms with van der Waals surface area (Å²) in [7, 11) is 0. The van der Waals surface area contributed by atoms with Gasteiger partial charge < -0.3 is 4.79 Å². The molecule has 4 nitrogen and oxygen atoms in total. The van der Waals surface area contributed by atoms with Gasteiger partial charge >= 0.3 is 0 Å². The monoisotopic (exact) mass is 227 g/mol. The van der Waals surface area contributed by atoms with Crippen LogP contribution in [-0.2, 0) is 14.4 Å². The lowest BCUT2D eigenvalue weighted by Crippen LogP contribution is -2.37. The average molecular weight is 227 g/mol. The van der Waals surface area contributed by atoms with Crippen LogP contribution in [0.2, 0.25) is 0 Å². The second-order valence-corrected chi connectivity index (χ2v) is 3.75. The van der Waals surface area contributed by atoms with Crippen LogP contribution in [0.25, 0.3) is 0 Å². The lowest BCUT2D eigenvalue weighted by molar-refractivity contribution is -0.145. The predicted octanol–water partition coefficient (Wildman–Crippen LogP) is 1.92. The van der Waals surface area contributed by atoms with Gasteiger partial charge in [-0.05, 0) is 19.3 Å². The van der Waals surface area contributed by atoms with Gasteiger partial charge in [0.2, 0.25) is 11.8 Å². The zero-order valence-electron chi connectivity index (χ0n) is 10.2. The summed E-state index contributed by atoms with van der Waals surface area (Å²) >= 11 is 0. The van der Waals surface area contributed by atoms with E-state index in [4.69, 9.17) is 0 Å². The third kappa shape index (κ3) is 5.63. The van der Waals surface area contributed by atoms with Gasteiger partial charge in [0.15, 0.2) is 0 Å². The van der Waals surface area contributed by atoms with Crippen LogP contribution in [0.4, 0.5) is 0 Å². The van der Waals surface area contributed by atoms with Gasteiger partial charge in [0, 0.05) is 25.8 Å². The maximum absolute atomic E-state index is 11.7. The number of imide groups is 1. The molecule has 2 amide bonds. The lowest BCUT2D eigenvalue weighted by atomic mass is 10.2. The highest BCUT2D eigenvalue weighted by Gasteiger charge is 2.18. The average Bonchev–Trinajstić information content (AvgIpc) is 2.25. The molecule has 0 heterocycles. The molecular weight excluding hydrogens is 206 g/mol. The Morgan fingerprint density at radius 1 is 1.06 bits per heavy atom. The van der Waals surface area contributed by atoms with Gasteiger partial charge in [-0.3, -0.25) is 14.5 Å². The minimum Gasteiger partial charge on any atom is -0.303 e. The molecular formula is C12H21NO3. The van der Waals surface area contributed by atoms with Crippen LogP contribution >= 0.6 is 0 Å². The molecule has 0 unspecified atom stereocenters. The van der Waals surface area contributed by atoms with E-state index in [1.165, 1.54) is 4.90 Å². The quantitative estimate of drug-likeness (QED) is 0.470. The fraction of sp³-hybridized carbons (Fsp3) is 0.750. The molecule has 0 saturated heterocycles. The van der Waals surface area contributed by atoms with E-state index in [0.717, 1.165) is 19.1 Å². The van der Waals surface area contributed by atoms with Crippen molar-refractivity contribution in [1.29, 1.82) is 0 Å². The Bertz CT molecular complexity index is 220. The number of nitrogens with zero attached hydrogens (tertiary/aromatic N) is 1. The Labute approximate surface area is 97.0 Å². The summed E-state index contributed by atoms with van der Waals surface area (Å²) in [5, 5.41) is 0. The zero-order valence-corrected chi connectivity index (χ0v) is 10.2. The van der Waals surface area contributed by atoms with E-state index in [1.807, 2.05) is 13.8 Å². The highest BCUT2D eigenvalue weighted by molar-refractivity contribution is 5.95. The third-order valence-corrected chi connectivity index (χ3v) is 2.23. The zero-order chi connectivity index (χ0) is 12.4. The number of carbonyl (C=O) groups excluding carboxylic acids is 3. The molecule has 0 fully saturated rings. The van der Waals surface area contributed by atoms with Crippen molar-refractivity contribution < 1.29 is 14.4 Å². The second-order valence-electron chi connectivity index (χ2n) is 3.75. The Morgan fingerprint density at radius 3 is 1.94 bits per heavy atom. The first-order valence-electron chi connectivity index (χ1n) is 5.94. The molecule has 4 heteroatoms. The Hall–Kier alpha value is -1.19. The van der Waals surface area contributed by atoms with Crippen LogP contribution in [0.3, 0.4) is 0 Å². The smallest absolute Gasteiger partial charge is 0.229 e. The highest BCUT2D eigenvalue weighted by atomic mass is 16.2. The summed E-state index contributed by atoms with van der Waals surface area (Å²) in [5.41, 5.74) is 0. The molecule has 0 aliphatic carbocycles. The number of hydrogen-bond donors (Lipinski definition) is 0. The number of aldehydes is 1. The van der Waals surface area contributed by atoms with Gasteiger partial charge in [0.25, 0.3) is 0 Å². The number of carbonyl (C=O) groups is 3. The van der Waals surface area contributed by atoms with Crippen LogP contribution in [0.1, 0.15) is 52.4 Å². The summed E-state index contributed by atoms with van der Waals surface area (Å²) in [4.78, 5) is 34.8. The molecule has 0 atom stereocenters. The topological polar surface area (TPSA) is 54.5 Å². The number of amides is 2. The van der Waals surface area contributed by atoms with Crippen molar-refractivity contribution in [2.75, 3.05) is 6.54 Å². The second kappa shape index (κ2) is 9.07. The molecule has 0 spiro atoms. The Balaban J connectivity index is 4.30. The third-order valence-electron chi connectivity index (χ3n) is 2.23. The molecule has 0 radical (unpaired) electrons. The van der Waals surface area contributed by atoms with Crippen LogP contribution < -0.4 is 0 Å². The van der Waals surface area contributed by atoms with Crippen LogP contribution in [0.15, 0.2) is 0 Å². The Morgan fingerprint density at radius 2 is 1.56 bits per heavy atom. The standard InChI is InChI=1S/C12H21NO3/c1-3-7-11(15)13(9-5-6-10-14)12(16)8-4-2/h10H,3-9H2,1-2H3. The van der Waals surface area contributed by atoms with E-state index in [9.17, 15) is 14.4 Å². The van der Waals surface area contributed by atoms with Gasteiger partial charge in [-0.15, -0.1) is 0 Å². The molecule has 0 saturated carbocycles. The van der Waals surface area contributed by atoms with Crippen LogP contribution in [-0.4, -0.2) is 29.5 Å². The van der Waals surface area contributed by atoms with Crippen molar-refractivity contribution in [3.8, 4) is 0 Å². The lowest BCUT2D eigenvalue weighted by Gasteiger charge is -2.20. The summed E-state index contributed by atoms with van der Waals surface area (Å²) in [6.07, 6.45) is 4.05. The predicted molar refractivity (Wildman–Crippen MR) is 61.8 cm³/mol. The van der Waals surface area contributed by atoms with E-state index in [1.54, 1.807) is 0 Å². The molecule has 0 aliphatic heterocycles. The fourth-order valence-electron chi connectivity index (χ4n) is 1.42. The van der Waals surface area contributed by atoms with E-state index in [2.05, 4.69) is 0 Å². The largest absolute Gasteiger partial charge is 0.303 e. The van der Waals surface area contributed by atoms with Crippen molar-refractivity contribution >= 4 is 18.1 Å². The highest BCUT2D eigenvalue weighted by Crippen LogP contribution is 2.05. The maximum atomic E-state index is 11.7. The molecule has 0 rings (SSSR count). The van der Waals surface area contributed by atoms with Crippen molar-refractivity contribution in [2.24, 2.45) is 0 Å². The SMILES string of the molecule is CCCC(=O)N(CCCC=O)C(=O)CCC. The van der Waals surface area contributed by atoms with Gasteiger partial charge in [-0.2, -0.15) is 0 Å². The van der Waals surface area contributed by atoms with Crippen molar-refractivity contribution in [2.45, 2.75) is 52.4 Å². The van der Waals surface area contributed by atoms with Gasteiger partial charge in [0.1, 0.15) is 6.29 Å². The molecule has 16 heavy (non-hydrogen) atoms. The normalized spacial score (nSPS) is 9.88. The van der Waals surface area contributed by atoms with Gasteiger partial charge in [0.05, 0.1) is 0 Å². The Kier molecular flexibility index (Phi) is 8.39. The molecule has 92 valence electrons. The first-order chi connectivity index (χ1) is 7.67. The maximum Gasteiger partial charge on any atom is 0.229 e.